The van der Waals surface area contributed by atoms with E-state index in [2.05, 4.69) is 5.32 Å². The highest BCUT2D eigenvalue weighted by atomic mass is 35.5. The van der Waals surface area contributed by atoms with Gasteiger partial charge in [0.1, 0.15) is 5.82 Å². The third kappa shape index (κ3) is 4.70. The van der Waals surface area contributed by atoms with Gasteiger partial charge in [-0.05, 0) is 56.9 Å². The lowest BCUT2D eigenvalue weighted by Gasteiger charge is -2.32. The number of amides is 1. The van der Waals surface area contributed by atoms with Crippen molar-refractivity contribution in [3.8, 4) is 0 Å². The molecule has 0 aromatic heterocycles. The minimum Gasteiger partial charge on any atom is -0.399 e. The fourth-order valence-electron chi connectivity index (χ4n) is 3.09. The molecule has 0 radical (unpaired) electrons. The second kappa shape index (κ2) is 8.67. The molecule has 2 aromatic rings. The maximum atomic E-state index is 14.1. The summed E-state index contributed by atoms with van der Waals surface area (Å²) >= 11 is 6.26. The summed E-state index contributed by atoms with van der Waals surface area (Å²) in [6, 6.07) is 9.88. The maximum Gasteiger partial charge on any atom is 0.494 e. The number of nitrogens with one attached hydrogen (secondary N) is 1. The van der Waals surface area contributed by atoms with E-state index in [-0.39, 0.29) is 24.9 Å². The number of halogens is 2. The summed E-state index contributed by atoms with van der Waals surface area (Å²) in [7, 11) is 0.913. The van der Waals surface area contributed by atoms with E-state index in [0.717, 1.165) is 0 Å². The van der Waals surface area contributed by atoms with Crippen molar-refractivity contribution in [3.63, 3.8) is 0 Å². The van der Waals surface area contributed by atoms with Gasteiger partial charge >= 0.3 is 7.12 Å². The molecule has 1 amide bonds. The van der Waals surface area contributed by atoms with Crippen molar-refractivity contribution < 1.29 is 23.2 Å². The van der Waals surface area contributed by atoms with E-state index in [9.17, 15) is 9.18 Å². The number of benzene rings is 2. The van der Waals surface area contributed by atoms with E-state index in [1.807, 2.05) is 27.7 Å². The average molecular weight is 434 g/mol. The molecule has 0 unspecified atom stereocenters. The van der Waals surface area contributed by atoms with Gasteiger partial charge < -0.3 is 19.4 Å². The van der Waals surface area contributed by atoms with Crippen LogP contribution in [0.1, 0.15) is 49.2 Å². The third-order valence-corrected chi connectivity index (χ3v) is 5.96. The van der Waals surface area contributed by atoms with Gasteiger partial charge in [0.15, 0.2) is 0 Å². The van der Waals surface area contributed by atoms with E-state index in [0.29, 0.717) is 27.2 Å². The Balaban J connectivity index is 1.72. The molecule has 0 bridgehead atoms. The maximum absolute atomic E-state index is 14.1. The number of carbonyl (C=O) groups is 1. The second-order valence-electron chi connectivity index (χ2n) is 8.37. The third-order valence-electron chi connectivity index (χ3n) is 5.63. The van der Waals surface area contributed by atoms with Crippen LogP contribution in [0, 0.1) is 5.82 Å². The molecule has 1 N–H and O–H groups in total. The predicted molar refractivity (Wildman–Crippen MR) is 115 cm³/mol. The van der Waals surface area contributed by atoms with Gasteiger partial charge in [-0.1, -0.05) is 29.8 Å². The van der Waals surface area contributed by atoms with Crippen LogP contribution in [0.3, 0.4) is 0 Å². The van der Waals surface area contributed by atoms with Gasteiger partial charge in [-0.15, -0.1) is 0 Å². The molecule has 1 aliphatic heterocycles. The number of ether oxygens (including phenoxy) is 1. The highest BCUT2D eigenvalue weighted by Gasteiger charge is 2.51. The van der Waals surface area contributed by atoms with Crippen molar-refractivity contribution in [1.29, 1.82) is 0 Å². The monoisotopic (exact) mass is 433 g/mol. The molecule has 5 nitrogen and oxygen atoms in total. The van der Waals surface area contributed by atoms with Crippen molar-refractivity contribution in [2.24, 2.45) is 0 Å². The van der Waals surface area contributed by atoms with Gasteiger partial charge in [0.2, 0.25) is 0 Å². The highest BCUT2D eigenvalue weighted by molar-refractivity contribution is 6.62. The number of rotatable bonds is 6. The van der Waals surface area contributed by atoms with Gasteiger partial charge in [0, 0.05) is 19.2 Å². The van der Waals surface area contributed by atoms with Gasteiger partial charge in [-0.3, -0.25) is 4.79 Å². The minimum atomic E-state index is -0.596. The Morgan fingerprint density at radius 3 is 2.40 bits per heavy atom. The van der Waals surface area contributed by atoms with E-state index < -0.39 is 18.3 Å². The lowest BCUT2D eigenvalue weighted by molar-refractivity contribution is 0.00578. The molecular formula is C22H26BClFNO4. The summed E-state index contributed by atoms with van der Waals surface area (Å²) in [5.74, 6) is -0.732. The summed E-state index contributed by atoms with van der Waals surface area (Å²) in [6.07, 6.45) is 0. The van der Waals surface area contributed by atoms with Crippen LogP contribution in [0.5, 0.6) is 0 Å². The SMILES string of the molecule is COCc1ccc(CNC(=O)c2cc(B3OC(C)(C)C(C)(C)O3)ccc2Cl)cc1F. The number of hydrogen-bond donors (Lipinski definition) is 1. The van der Waals surface area contributed by atoms with Gasteiger partial charge in [0.25, 0.3) is 5.91 Å². The van der Waals surface area contributed by atoms with Crippen LogP contribution in [-0.4, -0.2) is 31.3 Å². The lowest BCUT2D eigenvalue weighted by atomic mass is 9.78. The molecule has 1 aliphatic rings. The Hall–Kier alpha value is -1.93. The van der Waals surface area contributed by atoms with E-state index in [1.165, 1.54) is 13.2 Å². The first-order valence-electron chi connectivity index (χ1n) is 9.73. The normalized spacial score (nSPS) is 17.2. The number of methoxy groups -OCH3 is 1. The smallest absolute Gasteiger partial charge is 0.399 e. The zero-order chi connectivity index (χ0) is 22.1. The Kier molecular flexibility index (Phi) is 6.58. The van der Waals surface area contributed by atoms with Crippen molar-refractivity contribution in [2.75, 3.05) is 7.11 Å². The van der Waals surface area contributed by atoms with Crippen LogP contribution >= 0.6 is 11.6 Å². The topological polar surface area (TPSA) is 56.8 Å². The summed E-state index contributed by atoms with van der Waals surface area (Å²) in [6.45, 7) is 8.22. The standard InChI is InChI=1S/C22H26BClFNO4/c1-21(2)22(3,4)30-23(29-21)16-8-9-18(24)17(11-16)20(27)26-12-14-6-7-15(13-28-5)19(25)10-14/h6-11H,12-13H2,1-5H3,(H,26,27). The summed E-state index contributed by atoms with van der Waals surface area (Å²) in [4.78, 5) is 12.7. The van der Waals surface area contributed by atoms with Gasteiger partial charge in [0.05, 0.1) is 28.4 Å². The summed E-state index contributed by atoms with van der Waals surface area (Å²) in [5.41, 5.74) is 1.14. The molecular weight excluding hydrogens is 408 g/mol. The molecule has 1 heterocycles. The molecule has 1 fully saturated rings. The highest BCUT2D eigenvalue weighted by Crippen LogP contribution is 2.36. The number of carbonyl (C=O) groups excluding carboxylic acids is 1. The molecule has 0 spiro atoms. The first-order valence-corrected chi connectivity index (χ1v) is 10.1. The lowest BCUT2D eigenvalue weighted by Crippen LogP contribution is -2.41. The number of hydrogen-bond acceptors (Lipinski definition) is 4. The van der Waals surface area contributed by atoms with E-state index in [4.69, 9.17) is 25.6 Å². The molecule has 0 atom stereocenters. The molecule has 160 valence electrons. The van der Waals surface area contributed by atoms with Gasteiger partial charge in [-0.25, -0.2) is 4.39 Å². The first kappa shape index (κ1) is 22.8. The fourth-order valence-corrected chi connectivity index (χ4v) is 3.30. The summed E-state index contributed by atoms with van der Waals surface area (Å²) < 4.78 is 31.1. The fraction of sp³-hybridized carbons (Fsp3) is 0.409. The van der Waals surface area contributed by atoms with Crippen LogP contribution in [0.4, 0.5) is 4.39 Å². The molecule has 0 saturated carbocycles. The van der Waals surface area contributed by atoms with Gasteiger partial charge in [-0.2, -0.15) is 0 Å². The molecule has 30 heavy (non-hydrogen) atoms. The molecule has 8 heteroatoms. The van der Waals surface area contributed by atoms with E-state index >= 15 is 0 Å². The zero-order valence-electron chi connectivity index (χ0n) is 17.8. The van der Waals surface area contributed by atoms with Crippen LogP contribution in [0.2, 0.25) is 5.02 Å². The van der Waals surface area contributed by atoms with Crippen LogP contribution in [0.25, 0.3) is 0 Å². The Morgan fingerprint density at radius 1 is 1.13 bits per heavy atom. The molecule has 0 aliphatic carbocycles. The predicted octanol–water partition coefficient (Wildman–Crippen LogP) is 3.85. The van der Waals surface area contributed by atoms with Crippen LogP contribution < -0.4 is 10.8 Å². The van der Waals surface area contributed by atoms with Crippen LogP contribution in [-0.2, 0) is 27.2 Å². The quantitative estimate of drug-likeness (QED) is 0.703. The first-order chi connectivity index (χ1) is 14.0. The molecule has 1 saturated heterocycles. The van der Waals surface area contributed by atoms with Crippen molar-refractivity contribution >= 4 is 30.1 Å². The minimum absolute atomic E-state index is 0.167. The summed E-state index contributed by atoms with van der Waals surface area (Å²) in [5, 5.41) is 3.10. The van der Waals surface area contributed by atoms with Crippen molar-refractivity contribution in [1.82, 2.24) is 5.32 Å². The Bertz CT molecular complexity index is 935. The average Bonchev–Trinajstić information content (AvgIpc) is 2.89. The van der Waals surface area contributed by atoms with E-state index in [1.54, 1.807) is 30.3 Å². The zero-order valence-corrected chi connectivity index (χ0v) is 18.6. The Morgan fingerprint density at radius 2 is 1.80 bits per heavy atom. The van der Waals surface area contributed by atoms with Crippen LogP contribution in [0.15, 0.2) is 36.4 Å². The molecule has 2 aromatic carbocycles. The Labute approximate surface area is 182 Å². The molecule has 3 rings (SSSR count). The second-order valence-corrected chi connectivity index (χ2v) is 8.78. The largest absolute Gasteiger partial charge is 0.494 e. The van der Waals surface area contributed by atoms with Crippen molar-refractivity contribution in [3.05, 3.63) is 63.9 Å². The van der Waals surface area contributed by atoms with Crippen molar-refractivity contribution in [2.45, 2.75) is 52.0 Å².